The SMILES string of the molecule is COc1cccc2nc(CCN3CCCC3)nn12. The van der Waals surface area contributed by atoms with Gasteiger partial charge in [0.15, 0.2) is 11.5 Å². The molecule has 0 radical (unpaired) electrons. The van der Waals surface area contributed by atoms with Gasteiger partial charge in [-0.05, 0) is 32.0 Å². The van der Waals surface area contributed by atoms with Crippen LogP contribution in [0.2, 0.25) is 0 Å². The summed E-state index contributed by atoms with van der Waals surface area (Å²) in [5.41, 5.74) is 0.853. The Morgan fingerprint density at radius 2 is 2.11 bits per heavy atom. The van der Waals surface area contributed by atoms with Crippen LogP contribution in [0.25, 0.3) is 5.65 Å². The Balaban J connectivity index is 1.76. The number of likely N-dealkylation sites (tertiary alicyclic amines) is 1. The van der Waals surface area contributed by atoms with Gasteiger partial charge in [-0.15, -0.1) is 5.10 Å². The molecule has 0 atom stereocenters. The van der Waals surface area contributed by atoms with Crippen LogP contribution in [-0.4, -0.2) is 46.2 Å². The molecule has 0 saturated carbocycles. The Bertz CT molecular complexity index is 531. The standard InChI is InChI=1S/C13H18N4O/c1-18-13-6-4-5-12-14-11(15-17(12)13)7-10-16-8-2-3-9-16/h4-6H,2-3,7-10H2,1H3. The van der Waals surface area contributed by atoms with Crippen molar-refractivity contribution in [1.82, 2.24) is 19.5 Å². The summed E-state index contributed by atoms with van der Waals surface area (Å²) in [5, 5.41) is 4.50. The van der Waals surface area contributed by atoms with Crippen molar-refractivity contribution in [3.05, 3.63) is 24.0 Å². The molecule has 0 unspecified atom stereocenters. The van der Waals surface area contributed by atoms with Crippen molar-refractivity contribution in [3.8, 4) is 5.88 Å². The average Bonchev–Trinajstić information content (AvgIpc) is 3.04. The third-order valence-electron chi connectivity index (χ3n) is 3.43. The van der Waals surface area contributed by atoms with E-state index in [9.17, 15) is 0 Å². The molecule has 0 bridgehead atoms. The summed E-state index contributed by atoms with van der Waals surface area (Å²) in [6.07, 6.45) is 3.56. The van der Waals surface area contributed by atoms with Gasteiger partial charge in [-0.3, -0.25) is 0 Å². The number of rotatable bonds is 4. The number of pyridine rings is 1. The first-order valence-corrected chi connectivity index (χ1v) is 6.48. The van der Waals surface area contributed by atoms with Gasteiger partial charge in [-0.2, -0.15) is 4.52 Å². The second-order valence-electron chi connectivity index (χ2n) is 4.66. The average molecular weight is 246 g/mol. The van der Waals surface area contributed by atoms with Crippen molar-refractivity contribution in [2.45, 2.75) is 19.3 Å². The van der Waals surface area contributed by atoms with E-state index in [1.165, 1.54) is 25.9 Å². The Morgan fingerprint density at radius 1 is 1.28 bits per heavy atom. The lowest BCUT2D eigenvalue weighted by atomic mass is 10.4. The van der Waals surface area contributed by atoms with Gasteiger partial charge in [0.2, 0.25) is 5.88 Å². The first-order chi connectivity index (χ1) is 8.86. The number of fused-ring (bicyclic) bond motifs is 1. The molecule has 0 amide bonds. The first kappa shape index (κ1) is 11.5. The fraction of sp³-hybridized carbons (Fsp3) is 0.538. The molecule has 96 valence electrons. The van der Waals surface area contributed by atoms with Gasteiger partial charge in [-0.1, -0.05) is 6.07 Å². The molecule has 18 heavy (non-hydrogen) atoms. The van der Waals surface area contributed by atoms with Crippen molar-refractivity contribution in [2.24, 2.45) is 0 Å². The number of hydrogen-bond acceptors (Lipinski definition) is 4. The van der Waals surface area contributed by atoms with E-state index in [0.717, 1.165) is 30.3 Å². The summed E-state index contributed by atoms with van der Waals surface area (Å²) in [6, 6.07) is 5.79. The van der Waals surface area contributed by atoms with E-state index in [2.05, 4.69) is 15.0 Å². The molecule has 2 aromatic rings. The monoisotopic (exact) mass is 246 g/mol. The first-order valence-electron chi connectivity index (χ1n) is 6.48. The Kier molecular flexibility index (Phi) is 3.15. The molecule has 1 saturated heterocycles. The van der Waals surface area contributed by atoms with E-state index in [1.54, 1.807) is 11.6 Å². The van der Waals surface area contributed by atoms with Gasteiger partial charge in [0.1, 0.15) is 0 Å². The Hall–Kier alpha value is -1.62. The largest absolute Gasteiger partial charge is 0.481 e. The molecular formula is C13H18N4O. The van der Waals surface area contributed by atoms with Crippen molar-refractivity contribution >= 4 is 5.65 Å². The lowest BCUT2D eigenvalue weighted by molar-refractivity contribution is 0.340. The quantitative estimate of drug-likeness (QED) is 0.817. The summed E-state index contributed by atoms with van der Waals surface area (Å²) in [7, 11) is 1.65. The van der Waals surface area contributed by atoms with E-state index in [1.807, 2.05) is 18.2 Å². The number of methoxy groups -OCH3 is 1. The summed E-state index contributed by atoms with van der Waals surface area (Å²) in [6.45, 7) is 3.49. The van der Waals surface area contributed by atoms with Gasteiger partial charge in [0.25, 0.3) is 0 Å². The second-order valence-corrected chi connectivity index (χ2v) is 4.66. The van der Waals surface area contributed by atoms with Crippen LogP contribution < -0.4 is 4.74 Å². The zero-order valence-electron chi connectivity index (χ0n) is 10.7. The minimum absolute atomic E-state index is 0.729. The van der Waals surface area contributed by atoms with Crippen LogP contribution in [0.4, 0.5) is 0 Å². The van der Waals surface area contributed by atoms with Crippen molar-refractivity contribution in [2.75, 3.05) is 26.7 Å². The molecule has 1 aliphatic rings. The summed E-state index contributed by atoms with van der Waals surface area (Å²) in [5.74, 6) is 1.62. The molecule has 3 heterocycles. The summed E-state index contributed by atoms with van der Waals surface area (Å²) >= 11 is 0. The lowest BCUT2D eigenvalue weighted by Gasteiger charge is -2.12. The smallest absolute Gasteiger partial charge is 0.216 e. The van der Waals surface area contributed by atoms with Crippen molar-refractivity contribution < 1.29 is 4.74 Å². The van der Waals surface area contributed by atoms with Crippen LogP contribution >= 0.6 is 0 Å². The van der Waals surface area contributed by atoms with Gasteiger partial charge >= 0.3 is 0 Å². The molecule has 1 aliphatic heterocycles. The van der Waals surface area contributed by atoms with Gasteiger partial charge in [-0.25, -0.2) is 4.98 Å². The van der Waals surface area contributed by atoms with Gasteiger partial charge in [0, 0.05) is 19.0 Å². The van der Waals surface area contributed by atoms with Gasteiger partial charge in [0.05, 0.1) is 7.11 Å². The maximum absolute atomic E-state index is 5.27. The Labute approximate surface area is 106 Å². The predicted octanol–water partition coefficient (Wildman–Crippen LogP) is 1.38. The third kappa shape index (κ3) is 2.18. The van der Waals surface area contributed by atoms with Crippen LogP contribution in [0.3, 0.4) is 0 Å². The zero-order chi connectivity index (χ0) is 12.4. The normalized spacial score (nSPS) is 16.5. The molecule has 5 heteroatoms. The molecule has 0 aliphatic carbocycles. The van der Waals surface area contributed by atoms with Crippen LogP contribution in [0, 0.1) is 0 Å². The van der Waals surface area contributed by atoms with E-state index in [-0.39, 0.29) is 0 Å². The number of aromatic nitrogens is 3. The highest BCUT2D eigenvalue weighted by atomic mass is 16.5. The minimum atomic E-state index is 0.729. The predicted molar refractivity (Wildman–Crippen MR) is 68.9 cm³/mol. The van der Waals surface area contributed by atoms with Crippen molar-refractivity contribution in [1.29, 1.82) is 0 Å². The van der Waals surface area contributed by atoms with E-state index >= 15 is 0 Å². The highest BCUT2D eigenvalue weighted by molar-refractivity contribution is 5.40. The number of nitrogens with zero attached hydrogens (tertiary/aromatic N) is 4. The number of ether oxygens (including phenoxy) is 1. The third-order valence-corrected chi connectivity index (χ3v) is 3.43. The molecule has 2 aromatic heterocycles. The molecule has 0 spiro atoms. The van der Waals surface area contributed by atoms with Gasteiger partial charge < -0.3 is 9.64 Å². The molecule has 0 aromatic carbocycles. The fourth-order valence-electron chi connectivity index (χ4n) is 2.45. The number of hydrogen-bond donors (Lipinski definition) is 0. The highest BCUT2D eigenvalue weighted by Crippen LogP contribution is 2.13. The molecule has 0 N–H and O–H groups in total. The molecule has 3 rings (SSSR count). The van der Waals surface area contributed by atoms with Crippen LogP contribution in [0.1, 0.15) is 18.7 Å². The topological polar surface area (TPSA) is 42.7 Å². The lowest BCUT2D eigenvalue weighted by Crippen LogP contribution is -2.22. The fourth-order valence-corrected chi connectivity index (χ4v) is 2.45. The summed E-state index contributed by atoms with van der Waals surface area (Å²) < 4.78 is 7.03. The molecular weight excluding hydrogens is 228 g/mol. The second kappa shape index (κ2) is 4.94. The molecule has 1 fully saturated rings. The van der Waals surface area contributed by atoms with E-state index in [4.69, 9.17) is 4.74 Å². The van der Waals surface area contributed by atoms with Crippen LogP contribution in [0.5, 0.6) is 5.88 Å². The van der Waals surface area contributed by atoms with Crippen molar-refractivity contribution in [3.63, 3.8) is 0 Å². The Morgan fingerprint density at radius 3 is 2.89 bits per heavy atom. The maximum atomic E-state index is 5.27. The van der Waals surface area contributed by atoms with Crippen LogP contribution in [-0.2, 0) is 6.42 Å². The maximum Gasteiger partial charge on any atom is 0.216 e. The zero-order valence-corrected chi connectivity index (χ0v) is 10.7. The minimum Gasteiger partial charge on any atom is -0.481 e. The van der Waals surface area contributed by atoms with Crippen LogP contribution in [0.15, 0.2) is 18.2 Å². The van der Waals surface area contributed by atoms with E-state index < -0.39 is 0 Å². The molecule has 5 nitrogen and oxygen atoms in total. The highest BCUT2D eigenvalue weighted by Gasteiger charge is 2.13. The van der Waals surface area contributed by atoms with E-state index in [0.29, 0.717) is 0 Å². The summed E-state index contributed by atoms with van der Waals surface area (Å²) in [4.78, 5) is 7.00.